The van der Waals surface area contributed by atoms with E-state index in [1.165, 1.54) is 42.3 Å². The van der Waals surface area contributed by atoms with Crippen LogP contribution in [0.25, 0.3) is 16.6 Å². The Hall–Kier alpha value is -5.29. The van der Waals surface area contributed by atoms with Crippen molar-refractivity contribution in [1.82, 2.24) is 9.55 Å². The lowest BCUT2D eigenvalue weighted by atomic mass is 10.1. The van der Waals surface area contributed by atoms with Crippen molar-refractivity contribution in [2.75, 3.05) is 32.2 Å². The number of rotatable bonds is 8. The van der Waals surface area contributed by atoms with Gasteiger partial charge in [0.05, 0.1) is 24.6 Å². The van der Waals surface area contributed by atoms with Crippen LogP contribution in [0.3, 0.4) is 0 Å². The summed E-state index contributed by atoms with van der Waals surface area (Å²) in [7, 11) is 1.51. The molecule has 10 nitrogen and oxygen atoms in total. The van der Waals surface area contributed by atoms with Crippen LogP contribution >= 0.6 is 11.6 Å². The molecule has 1 amide bonds. The van der Waals surface area contributed by atoms with Crippen LogP contribution in [0.15, 0.2) is 77.9 Å². The highest BCUT2D eigenvalue weighted by molar-refractivity contribution is 6.30. The minimum Gasteiger partial charge on any atom is -0.493 e. The molecule has 0 saturated carbocycles. The summed E-state index contributed by atoms with van der Waals surface area (Å²) >= 11 is 5.98. The second-order valence-corrected chi connectivity index (χ2v) is 9.91. The Kier molecular flexibility index (Phi) is 7.95. The van der Waals surface area contributed by atoms with Gasteiger partial charge in [-0.1, -0.05) is 11.6 Å². The van der Waals surface area contributed by atoms with Gasteiger partial charge in [0.15, 0.2) is 23.1 Å². The summed E-state index contributed by atoms with van der Waals surface area (Å²) in [6.07, 6.45) is 3.03. The Morgan fingerprint density at radius 3 is 2.50 bits per heavy atom. The van der Waals surface area contributed by atoms with Gasteiger partial charge in [0.1, 0.15) is 30.3 Å². The van der Waals surface area contributed by atoms with Crippen LogP contribution in [-0.4, -0.2) is 42.4 Å². The maximum atomic E-state index is 15.4. The molecule has 0 spiro atoms. The normalized spacial score (nSPS) is 12.1. The average Bonchev–Trinajstić information content (AvgIpc) is 3.02. The number of hydrogen-bond acceptors (Lipinski definition) is 8. The van der Waals surface area contributed by atoms with Crippen molar-refractivity contribution >= 4 is 34.1 Å². The van der Waals surface area contributed by atoms with Crippen molar-refractivity contribution < 1.29 is 32.9 Å². The third-order valence-electron chi connectivity index (χ3n) is 6.76. The largest absolute Gasteiger partial charge is 0.493 e. The molecule has 1 aliphatic heterocycles. The van der Waals surface area contributed by atoms with Crippen LogP contribution in [0, 0.1) is 5.82 Å². The van der Waals surface area contributed by atoms with E-state index in [4.69, 9.17) is 35.3 Å². The SMILES string of the molecule is CCOc1ccn(-c2ccc(Cl)cc2)c(=O)c1C(=O)Nc1ccc(Oc2ccnc3cc(OC)c4c(c23)OCCO4)c(F)c1. The van der Waals surface area contributed by atoms with Gasteiger partial charge in [-0.05, 0) is 55.5 Å². The van der Waals surface area contributed by atoms with E-state index in [2.05, 4.69) is 10.3 Å². The topological polar surface area (TPSA) is 110 Å². The standard InChI is InChI=1S/C32H25ClFN3O7/c1-3-41-24-11-13-37(20-7-4-18(33)5-8-20)32(39)28(24)31(38)36-19-6-9-23(21(34)16-19)44-25-10-12-35-22-17-26(40-2)29-30(27(22)25)43-15-14-42-29/h4-13,16-17H,3,14-15H2,1-2H3,(H,36,38). The van der Waals surface area contributed by atoms with Gasteiger partial charge in [0.25, 0.3) is 11.5 Å². The van der Waals surface area contributed by atoms with E-state index in [-0.39, 0.29) is 35.1 Å². The molecule has 0 unspecified atom stereocenters. The number of anilines is 1. The van der Waals surface area contributed by atoms with Crippen molar-refractivity contribution in [3.05, 3.63) is 99.8 Å². The first-order valence-corrected chi connectivity index (χ1v) is 13.9. The highest BCUT2D eigenvalue weighted by Crippen LogP contribution is 2.48. The van der Waals surface area contributed by atoms with Gasteiger partial charge in [-0.15, -0.1) is 0 Å². The van der Waals surface area contributed by atoms with Gasteiger partial charge >= 0.3 is 0 Å². The number of halogens is 2. The predicted octanol–water partition coefficient (Wildman–Crippen LogP) is 6.40. The van der Waals surface area contributed by atoms with Crippen molar-refractivity contribution in [2.45, 2.75) is 6.92 Å². The molecule has 0 fully saturated rings. The zero-order chi connectivity index (χ0) is 30.8. The number of fused-ring (bicyclic) bond motifs is 3. The lowest BCUT2D eigenvalue weighted by Crippen LogP contribution is -2.29. The third kappa shape index (κ3) is 5.45. The van der Waals surface area contributed by atoms with E-state index >= 15 is 4.39 Å². The van der Waals surface area contributed by atoms with Crippen molar-refractivity contribution in [3.63, 3.8) is 0 Å². The fourth-order valence-corrected chi connectivity index (χ4v) is 4.92. The number of aromatic nitrogens is 2. The number of amides is 1. The Labute approximate surface area is 255 Å². The molecule has 3 aromatic carbocycles. The summed E-state index contributed by atoms with van der Waals surface area (Å²) < 4.78 is 45.2. The summed E-state index contributed by atoms with van der Waals surface area (Å²) in [6.45, 7) is 2.61. The molecule has 0 aliphatic carbocycles. The highest BCUT2D eigenvalue weighted by Gasteiger charge is 2.25. The van der Waals surface area contributed by atoms with Gasteiger partial charge in [-0.3, -0.25) is 19.1 Å². The predicted molar refractivity (Wildman–Crippen MR) is 162 cm³/mol. The van der Waals surface area contributed by atoms with E-state index in [0.29, 0.717) is 52.1 Å². The molecule has 1 N–H and O–H groups in total. The minimum absolute atomic E-state index is 0.0939. The van der Waals surface area contributed by atoms with Crippen molar-refractivity contribution in [2.24, 2.45) is 0 Å². The van der Waals surface area contributed by atoms with E-state index in [0.717, 1.165) is 6.07 Å². The number of methoxy groups -OCH3 is 1. The van der Waals surface area contributed by atoms with Crippen LogP contribution in [-0.2, 0) is 0 Å². The third-order valence-corrected chi connectivity index (χ3v) is 7.01. The maximum absolute atomic E-state index is 15.4. The van der Waals surface area contributed by atoms with Gasteiger partial charge in [0, 0.05) is 40.9 Å². The van der Waals surface area contributed by atoms with E-state index in [9.17, 15) is 9.59 Å². The number of nitrogens with zero attached hydrogens (tertiary/aromatic N) is 2. The van der Waals surface area contributed by atoms with Crippen LogP contribution in [0.4, 0.5) is 10.1 Å². The number of hydrogen-bond donors (Lipinski definition) is 1. The molecule has 44 heavy (non-hydrogen) atoms. The van der Waals surface area contributed by atoms with Gasteiger partial charge in [0.2, 0.25) is 5.75 Å². The zero-order valence-electron chi connectivity index (χ0n) is 23.6. The molecule has 1 aliphatic rings. The molecule has 0 bridgehead atoms. The Morgan fingerprint density at radius 2 is 1.77 bits per heavy atom. The molecular formula is C32H25ClFN3O7. The summed E-state index contributed by atoms with van der Waals surface area (Å²) in [5.41, 5.74) is 0.249. The Bertz CT molecular complexity index is 1950. The lowest BCUT2D eigenvalue weighted by Gasteiger charge is -2.23. The molecule has 2 aromatic heterocycles. The van der Waals surface area contributed by atoms with Crippen LogP contribution in [0.1, 0.15) is 17.3 Å². The second kappa shape index (κ2) is 12.1. The van der Waals surface area contributed by atoms with Gasteiger partial charge in [-0.2, -0.15) is 0 Å². The van der Waals surface area contributed by atoms with Crippen molar-refractivity contribution in [1.29, 1.82) is 0 Å². The van der Waals surface area contributed by atoms with E-state index in [1.807, 2.05) is 0 Å². The van der Waals surface area contributed by atoms with Crippen molar-refractivity contribution in [3.8, 4) is 40.2 Å². The number of benzene rings is 3. The lowest BCUT2D eigenvalue weighted by molar-refractivity contribution is 0.102. The second-order valence-electron chi connectivity index (χ2n) is 9.48. The molecule has 6 rings (SSSR count). The summed E-state index contributed by atoms with van der Waals surface area (Å²) in [6, 6.07) is 15.3. The number of nitrogens with one attached hydrogen (secondary N) is 1. The summed E-state index contributed by atoms with van der Waals surface area (Å²) in [5.74, 6) is -0.0256. The summed E-state index contributed by atoms with van der Waals surface area (Å²) in [4.78, 5) is 31.2. The Morgan fingerprint density at radius 1 is 1.00 bits per heavy atom. The molecule has 12 heteroatoms. The van der Waals surface area contributed by atoms with E-state index in [1.54, 1.807) is 43.3 Å². The average molecular weight is 618 g/mol. The number of ether oxygens (including phenoxy) is 5. The molecule has 3 heterocycles. The number of pyridine rings is 2. The first-order chi connectivity index (χ1) is 21.4. The summed E-state index contributed by atoms with van der Waals surface area (Å²) in [5, 5.41) is 3.58. The van der Waals surface area contributed by atoms with Gasteiger partial charge in [-0.25, -0.2) is 4.39 Å². The fourth-order valence-electron chi connectivity index (χ4n) is 4.79. The molecule has 0 atom stereocenters. The smallest absolute Gasteiger partial charge is 0.271 e. The molecule has 5 aromatic rings. The fraction of sp³-hybridized carbons (Fsp3) is 0.156. The van der Waals surface area contributed by atoms with E-state index < -0.39 is 17.3 Å². The van der Waals surface area contributed by atoms with Gasteiger partial charge < -0.3 is 29.0 Å². The number of carbonyl (C=O) groups is 1. The van der Waals surface area contributed by atoms with Crippen LogP contribution in [0.2, 0.25) is 5.02 Å². The zero-order valence-corrected chi connectivity index (χ0v) is 24.3. The van der Waals surface area contributed by atoms with Crippen LogP contribution < -0.4 is 34.6 Å². The first kappa shape index (κ1) is 28.8. The minimum atomic E-state index is -0.771. The molecular weight excluding hydrogens is 593 g/mol. The Balaban J connectivity index is 1.30. The maximum Gasteiger partial charge on any atom is 0.271 e. The molecule has 224 valence electrons. The first-order valence-electron chi connectivity index (χ1n) is 13.6. The van der Waals surface area contributed by atoms with Crippen LogP contribution in [0.5, 0.6) is 34.5 Å². The number of carbonyl (C=O) groups excluding carboxylic acids is 1. The monoisotopic (exact) mass is 617 g/mol. The molecule has 0 radical (unpaired) electrons. The highest BCUT2D eigenvalue weighted by atomic mass is 35.5. The quantitative estimate of drug-likeness (QED) is 0.213. The molecule has 0 saturated heterocycles.